The number of rotatable bonds is 6. The van der Waals surface area contributed by atoms with Crippen molar-refractivity contribution in [3.05, 3.63) is 67.3 Å². The van der Waals surface area contributed by atoms with E-state index < -0.39 is 12.0 Å². The van der Waals surface area contributed by atoms with Crippen LogP contribution >= 0.6 is 0 Å². The Kier molecular flexibility index (Phi) is 5.40. The Morgan fingerprint density at radius 3 is 2.82 bits per heavy atom. The number of furan rings is 1. The van der Waals surface area contributed by atoms with Crippen LogP contribution in [-0.2, 0) is 0 Å². The summed E-state index contributed by atoms with van der Waals surface area (Å²) in [6.07, 6.45) is 11.8. The first kappa shape index (κ1) is 22.6. The smallest absolute Gasteiger partial charge is 0.161 e. The van der Waals surface area contributed by atoms with E-state index in [1.54, 1.807) is 49.3 Å². The second-order valence-electron chi connectivity index (χ2n) is 9.67. The number of anilines is 1. The highest BCUT2D eigenvalue weighted by Gasteiger charge is 2.24. The van der Waals surface area contributed by atoms with Gasteiger partial charge in [-0.15, -0.1) is 0 Å². The molecule has 4 N–H and O–H groups in total. The minimum atomic E-state index is -0.656. The van der Waals surface area contributed by atoms with Crippen molar-refractivity contribution in [3.63, 3.8) is 0 Å². The summed E-state index contributed by atoms with van der Waals surface area (Å²) in [5, 5.41) is 21.3. The third-order valence-electron chi connectivity index (χ3n) is 7.32. The van der Waals surface area contributed by atoms with Crippen LogP contribution in [0.2, 0.25) is 0 Å². The van der Waals surface area contributed by atoms with Crippen LogP contribution in [0.4, 0.5) is 10.1 Å². The molecule has 10 heteroatoms. The number of nitrogens with zero attached hydrogens (tertiary/aromatic N) is 4. The van der Waals surface area contributed by atoms with Gasteiger partial charge in [-0.3, -0.25) is 10.1 Å². The Hall–Kier alpha value is -4.57. The maximum absolute atomic E-state index is 16.1. The molecule has 0 amide bonds. The zero-order valence-electron chi connectivity index (χ0n) is 20.3. The van der Waals surface area contributed by atoms with Gasteiger partial charge in [-0.2, -0.15) is 5.10 Å². The van der Waals surface area contributed by atoms with E-state index in [0.29, 0.717) is 50.4 Å². The predicted octanol–water partition coefficient (Wildman–Crippen LogP) is 5.88. The van der Waals surface area contributed by atoms with Gasteiger partial charge in [0.05, 0.1) is 35.3 Å². The van der Waals surface area contributed by atoms with Crippen LogP contribution in [0.25, 0.3) is 55.8 Å². The van der Waals surface area contributed by atoms with Crippen molar-refractivity contribution in [2.45, 2.75) is 31.9 Å². The maximum atomic E-state index is 16.1. The number of fused-ring (bicyclic) bond motifs is 2. The van der Waals surface area contributed by atoms with E-state index in [1.165, 1.54) is 0 Å². The van der Waals surface area contributed by atoms with Crippen LogP contribution in [-0.4, -0.2) is 41.5 Å². The second kappa shape index (κ2) is 9.07. The van der Waals surface area contributed by atoms with Gasteiger partial charge in [0, 0.05) is 40.6 Å². The number of imidazole rings is 1. The predicted molar refractivity (Wildman–Crippen MR) is 141 cm³/mol. The molecular weight excluding hydrogens is 485 g/mol. The van der Waals surface area contributed by atoms with Crippen molar-refractivity contribution in [2.75, 3.05) is 5.32 Å². The number of pyridine rings is 2. The first-order chi connectivity index (χ1) is 18.7. The molecule has 1 atom stereocenters. The van der Waals surface area contributed by atoms with Crippen LogP contribution in [0.5, 0.6) is 0 Å². The molecule has 1 aliphatic carbocycles. The van der Waals surface area contributed by atoms with Crippen LogP contribution in [0.1, 0.15) is 25.7 Å². The largest absolute Gasteiger partial charge is 0.472 e. The van der Waals surface area contributed by atoms with E-state index in [-0.39, 0.29) is 5.92 Å². The Bertz CT molecular complexity index is 1750. The molecule has 0 saturated heterocycles. The molecule has 5 aromatic heterocycles. The average Bonchev–Trinajstić information content (AvgIpc) is 3.74. The van der Waals surface area contributed by atoms with Crippen molar-refractivity contribution in [1.82, 2.24) is 30.1 Å². The number of hydrogen-bond donors (Lipinski definition) is 4. The zero-order chi connectivity index (χ0) is 25.6. The molecule has 5 heterocycles. The van der Waals surface area contributed by atoms with Crippen molar-refractivity contribution in [2.24, 2.45) is 5.92 Å². The summed E-state index contributed by atoms with van der Waals surface area (Å²) >= 11 is 0. The van der Waals surface area contributed by atoms with Crippen LogP contribution in [0.15, 0.2) is 65.9 Å². The van der Waals surface area contributed by atoms with Crippen LogP contribution in [0, 0.1) is 11.7 Å². The highest BCUT2D eigenvalue weighted by molar-refractivity contribution is 5.98. The van der Waals surface area contributed by atoms with Gasteiger partial charge in [0.25, 0.3) is 0 Å². The number of aromatic amines is 2. The first-order valence-electron chi connectivity index (χ1n) is 12.6. The van der Waals surface area contributed by atoms with E-state index in [9.17, 15) is 5.11 Å². The van der Waals surface area contributed by atoms with E-state index in [2.05, 4.69) is 30.5 Å². The minimum Gasteiger partial charge on any atom is -0.472 e. The number of halogens is 1. The molecule has 7 rings (SSSR count). The van der Waals surface area contributed by atoms with Crippen LogP contribution in [0.3, 0.4) is 0 Å². The second-order valence-corrected chi connectivity index (χ2v) is 9.67. The fourth-order valence-electron chi connectivity index (χ4n) is 5.37. The fourth-order valence-corrected chi connectivity index (χ4v) is 5.37. The normalized spacial score (nSPS) is 15.0. The number of nitrogens with one attached hydrogen (secondary N) is 3. The molecule has 1 aromatic carbocycles. The molecule has 1 unspecified atom stereocenters. The molecule has 190 valence electrons. The molecule has 6 aromatic rings. The number of aromatic nitrogens is 6. The van der Waals surface area contributed by atoms with Gasteiger partial charge in [0.15, 0.2) is 11.5 Å². The average molecular weight is 510 g/mol. The monoisotopic (exact) mass is 509 g/mol. The molecule has 0 radical (unpaired) electrons. The highest BCUT2D eigenvalue weighted by atomic mass is 19.1. The summed E-state index contributed by atoms with van der Waals surface area (Å²) in [5.74, 6) is 0.177. The summed E-state index contributed by atoms with van der Waals surface area (Å²) in [4.78, 5) is 16.6. The maximum Gasteiger partial charge on any atom is 0.161 e. The topological polar surface area (TPSA) is 129 Å². The fraction of sp³-hybridized carbons (Fsp3) is 0.214. The summed E-state index contributed by atoms with van der Waals surface area (Å²) < 4.78 is 21.3. The Morgan fingerprint density at radius 2 is 1.97 bits per heavy atom. The number of aliphatic hydroxyl groups excluding tert-OH is 1. The molecular formula is C28H24FN7O2. The van der Waals surface area contributed by atoms with Crippen molar-refractivity contribution in [3.8, 4) is 33.8 Å². The summed E-state index contributed by atoms with van der Waals surface area (Å²) in [6, 6.07) is 9.00. The first-order valence-corrected chi connectivity index (χ1v) is 12.6. The van der Waals surface area contributed by atoms with E-state index in [0.717, 1.165) is 36.8 Å². The van der Waals surface area contributed by atoms with Crippen molar-refractivity contribution in [1.29, 1.82) is 0 Å². The van der Waals surface area contributed by atoms with Crippen molar-refractivity contribution < 1.29 is 13.9 Å². The molecule has 0 aliphatic heterocycles. The van der Waals surface area contributed by atoms with Gasteiger partial charge < -0.3 is 19.8 Å². The van der Waals surface area contributed by atoms with E-state index in [1.807, 2.05) is 12.1 Å². The molecule has 1 fully saturated rings. The van der Waals surface area contributed by atoms with E-state index in [4.69, 9.17) is 9.40 Å². The summed E-state index contributed by atoms with van der Waals surface area (Å²) in [6.45, 7) is 0. The number of H-pyrrole nitrogens is 2. The molecule has 1 aliphatic rings. The number of benzene rings is 1. The van der Waals surface area contributed by atoms with Gasteiger partial charge >= 0.3 is 0 Å². The van der Waals surface area contributed by atoms with Crippen molar-refractivity contribution >= 4 is 27.8 Å². The van der Waals surface area contributed by atoms with Gasteiger partial charge in [0.2, 0.25) is 0 Å². The molecule has 1 saturated carbocycles. The number of hydrogen-bond acceptors (Lipinski definition) is 7. The Morgan fingerprint density at radius 1 is 1.08 bits per heavy atom. The highest BCUT2D eigenvalue weighted by Crippen LogP contribution is 2.36. The lowest BCUT2D eigenvalue weighted by Crippen LogP contribution is -2.26. The molecule has 9 nitrogen and oxygen atoms in total. The van der Waals surface area contributed by atoms with Crippen LogP contribution < -0.4 is 5.32 Å². The Labute approximate surface area is 216 Å². The van der Waals surface area contributed by atoms with E-state index >= 15 is 4.39 Å². The van der Waals surface area contributed by atoms with Gasteiger partial charge in [0.1, 0.15) is 23.3 Å². The molecule has 0 spiro atoms. The zero-order valence-corrected chi connectivity index (χ0v) is 20.3. The summed E-state index contributed by atoms with van der Waals surface area (Å²) in [7, 11) is 0. The lowest BCUT2D eigenvalue weighted by Gasteiger charge is -2.20. The molecule has 38 heavy (non-hydrogen) atoms. The minimum absolute atomic E-state index is 0.215. The van der Waals surface area contributed by atoms with Gasteiger partial charge in [-0.1, -0.05) is 12.8 Å². The number of aliphatic hydroxyl groups is 1. The quantitative estimate of drug-likeness (QED) is 0.206. The molecule has 0 bridgehead atoms. The standard InChI is InChI=1S/C28H24FN7O2/c29-23-19(17-11-18(13-30-12-17)32-28(37)15-3-1-2-4-15)5-6-21-22(23)25(36-35-21)27-33-24-20(16-8-10-38-14-16)7-9-31-26(24)34-27/h5-15,28,32,37H,1-4H2,(H,35,36)(H,31,33,34). The third-order valence-corrected chi connectivity index (χ3v) is 7.32. The van der Waals surface area contributed by atoms with Gasteiger partial charge in [-0.05, 0) is 43.2 Å². The lowest BCUT2D eigenvalue weighted by molar-refractivity contribution is 0.137. The Balaban J connectivity index is 1.28. The summed E-state index contributed by atoms with van der Waals surface area (Å²) in [5.41, 5.74) is 5.43. The van der Waals surface area contributed by atoms with Gasteiger partial charge in [-0.25, -0.2) is 14.4 Å². The lowest BCUT2D eigenvalue weighted by atomic mass is 10.0. The third kappa shape index (κ3) is 3.81. The SMILES string of the molecule is OC(Nc1cncc(-c2ccc3[nH]nc(-c4nc5c(-c6ccoc6)ccnc5[nH]4)c3c2F)c1)C1CCCC1.